The summed E-state index contributed by atoms with van der Waals surface area (Å²) in [4.78, 5) is 12.2. The first-order valence-electron chi connectivity index (χ1n) is 15.1. The zero-order valence-electron chi connectivity index (χ0n) is 28.1. The average Bonchev–Trinajstić information content (AvgIpc) is 2.89. The van der Waals surface area contributed by atoms with Crippen LogP contribution < -0.4 is 15.8 Å². The number of nitrogens with one attached hydrogen (secondary N) is 1. The van der Waals surface area contributed by atoms with Crippen molar-refractivity contribution in [2.45, 2.75) is 103 Å². The smallest absolute Gasteiger partial charge is 0.433 e. The fourth-order valence-electron chi connectivity index (χ4n) is 3.83. The third-order valence-electron chi connectivity index (χ3n) is 8.61. The van der Waals surface area contributed by atoms with E-state index in [0.29, 0.717) is 36.7 Å². The Labute approximate surface area is 267 Å². The summed E-state index contributed by atoms with van der Waals surface area (Å²) < 4.78 is 58.0. The molecule has 3 rings (SSSR count). The minimum absolute atomic E-state index is 0.0387. The number of aromatic nitrogens is 3. The number of hydrogen-bond donors (Lipinski definition) is 2. The van der Waals surface area contributed by atoms with Gasteiger partial charge in [0.1, 0.15) is 23.0 Å². The van der Waals surface area contributed by atoms with Crippen molar-refractivity contribution >= 4 is 34.1 Å². The number of halogens is 3. The van der Waals surface area contributed by atoms with E-state index in [1.54, 1.807) is 24.3 Å². The van der Waals surface area contributed by atoms with Gasteiger partial charge in [0.05, 0.1) is 12.7 Å². The predicted octanol–water partition coefficient (Wildman–Crippen LogP) is 9.35. The molecule has 0 saturated heterocycles. The Kier molecular flexibility index (Phi) is 11.2. The molecule has 0 aliphatic carbocycles. The molecule has 0 spiro atoms. The summed E-state index contributed by atoms with van der Waals surface area (Å²) in [5.41, 5.74) is 6.54. The van der Waals surface area contributed by atoms with Gasteiger partial charge in [0.2, 0.25) is 5.95 Å². The maximum Gasteiger partial charge on any atom is 0.433 e. The molecule has 0 aliphatic heterocycles. The van der Waals surface area contributed by atoms with Gasteiger partial charge in [0.25, 0.3) is 0 Å². The maximum absolute atomic E-state index is 13.0. The Hall–Kier alpha value is -3.01. The lowest BCUT2D eigenvalue weighted by Crippen LogP contribution is -2.48. The van der Waals surface area contributed by atoms with E-state index in [4.69, 9.17) is 19.3 Å². The van der Waals surface area contributed by atoms with Crippen molar-refractivity contribution in [3.63, 3.8) is 0 Å². The largest absolute Gasteiger partial charge is 0.457 e. The third-order valence-corrected chi connectivity index (χ3v) is 17.6. The zero-order valence-corrected chi connectivity index (χ0v) is 30.1. The summed E-state index contributed by atoms with van der Waals surface area (Å²) >= 11 is 0. The van der Waals surface area contributed by atoms with Crippen LogP contribution in [-0.4, -0.2) is 44.3 Å². The van der Waals surface area contributed by atoms with E-state index in [9.17, 15) is 13.2 Å². The van der Waals surface area contributed by atoms with Crippen molar-refractivity contribution in [1.29, 1.82) is 0 Å². The number of rotatable bonds is 12. The molecule has 1 aromatic carbocycles. The van der Waals surface area contributed by atoms with E-state index in [2.05, 4.69) is 88.0 Å². The summed E-state index contributed by atoms with van der Waals surface area (Å²) in [5.74, 6) is 1.08. The highest BCUT2D eigenvalue weighted by molar-refractivity contribution is 6.74. The molecule has 0 bridgehead atoms. The van der Waals surface area contributed by atoms with Crippen LogP contribution in [0.25, 0.3) is 0 Å². The van der Waals surface area contributed by atoms with E-state index in [-0.39, 0.29) is 27.9 Å². The van der Waals surface area contributed by atoms with Gasteiger partial charge in [-0.2, -0.15) is 18.2 Å². The number of hydrogen-bond acceptors (Lipinski definition) is 8. The highest BCUT2D eigenvalue weighted by Crippen LogP contribution is 2.40. The van der Waals surface area contributed by atoms with Gasteiger partial charge in [-0.15, -0.1) is 0 Å². The van der Waals surface area contributed by atoms with Gasteiger partial charge in [-0.25, -0.2) is 4.98 Å². The molecule has 45 heavy (non-hydrogen) atoms. The lowest BCUT2D eigenvalue weighted by atomic mass is 10.1. The summed E-state index contributed by atoms with van der Waals surface area (Å²) in [5, 5.41) is 3.38. The summed E-state index contributed by atoms with van der Waals surface area (Å²) in [6.07, 6.45) is -2.24. The number of nitrogens with zero attached hydrogens (tertiary/aromatic N) is 3. The molecular weight excluding hydrogens is 616 g/mol. The molecule has 3 N–H and O–H groups in total. The van der Waals surface area contributed by atoms with Crippen LogP contribution in [0.5, 0.6) is 11.5 Å². The molecule has 1 atom stereocenters. The lowest BCUT2D eigenvalue weighted by molar-refractivity contribution is -0.141. The average molecular weight is 664 g/mol. The normalized spacial score (nSPS) is 13.9. The van der Waals surface area contributed by atoms with Gasteiger partial charge in [-0.05, 0) is 79.4 Å². The van der Waals surface area contributed by atoms with Gasteiger partial charge >= 0.3 is 6.18 Å². The monoisotopic (exact) mass is 663 g/mol. The van der Waals surface area contributed by atoms with Crippen molar-refractivity contribution in [3.05, 3.63) is 60.0 Å². The number of nitrogen functional groups attached to an aromatic ring is 1. The molecule has 248 valence electrons. The van der Waals surface area contributed by atoms with E-state index in [1.807, 2.05) is 6.07 Å². The van der Waals surface area contributed by atoms with Crippen LogP contribution in [0.3, 0.4) is 0 Å². The number of alkyl halides is 3. The van der Waals surface area contributed by atoms with E-state index < -0.39 is 28.5 Å². The molecule has 13 heteroatoms. The zero-order chi connectivity index (χ0) is 33.8. The summed E-state index contributed by atoms with van der Waals surface area (Å²) in [6.45, 7) is 22.9. The SMILES string of the molecule is CC(C)(C)[Si](C)(C)OCC(CCc1cc(Nc2ccc(Oc3ccnc(C(F)(F)F)c3)cc2)nc(N)n1)O[Si](C)(C)C(C)(C)C. The lowest BCUT2D eigenvalue weighted by Gasteiger charge is -2.41. The van der Waals surface area contributed by atoms with Crippen LogP contribution in [0.4, 0.5) is 30.6 Å². The summed E-state index contributed by atoms with van der Waals surface area (Å²) in [7, 11) is -4.03. The molecule has 0 saturated carbocycles. The van der Waals surface area contributed by atoms with Crippen LogP contribution in [0, 0.1) is 0 Å². The molecule has 0 radical (unpaired) electrons. The van der Waals surface area contributed by atoms with E-state index in [1.165, 1.54) is 6.07 Å². The second-order valence-electron chi connectivity index (χ2n) is 14.3. The number of benzene rings is 1. The van der Waals surface area contributed by atoms with E-state index in [0.717, 1.165) is 18.0 Å². The Morgan fingerprint density at radius 1 is 0.844 bits per heavy atom. The Morgan fingerprint density at radius 2 is 1.47 bits per heavy atom. The maximum atomic E-state index is 13.0. The Bertz CT molecular complexity index is 1420. The first kappa shape index (κ1) is 36.5. The van der Waals surface area contributed by atoms with E-state index >= 15 is 0 Å². The third kappa shape index (κ3) is 10.5. The van der Waals surface area contributed by atoms with Gasteiger partial charge in [0.15, 0.2) is 16.6 Å². The van der Waals surface area contributed by atoms with Crippen molar-refractivity contribution in [1.82, 2.24) is 15.0 Å². The predicted molar refractivity (Wildman–Crippen MR) is 179 cm³/mol. The van der Waals surface area contributed by atoms with Crippen molar-refractivity contribution in [2.75, 3.05) is 17.7 Å². The minimum Gasteiger partial charge on any atom is -0.457 e. The fraction of sp³-hybridized carbons (Fsp3) is 0.531. The quantitative estimate of drug-likeness (QED) is 0.185. The second kappa shape index (κ2) is 13.8. The van der Waals surface area contributed by atoms with Crippen molar-refractivity contribution in [2.24, 2.45) is 0 Å². The number of nitrogens with two attached hydrogens (primary N) is 1. The Balaban J connectivity index is 1.70. The first-order valence-corrected chi connectivity index (χ1v) is 20.9. The van der Waals surface area contributed by atoms with Crippen molar-refractivity contribution in [3.8, 4) is 11.5 Å². The van der Waals surface area contributed by atoms with Crippen LogP contribution in [0.1, 0.15) is 59.4 Å². The molecule has 3 aromatic rings. The standard InChI is InChI=1S/C32H48F3N5O3Si2/c1-30(2,3)44(7,8)41-21-26(43-45(9,10)31(4,5)6)16-13-23-19-28(40-29(36)39-23)38-22-11-14-24(15-12-22)42-25-17-18-37-27(20-25)32(33,34)35/h11-12,14-15,17-20,26H,13,16,21H2,1-10H3,(H3,36,38,39,40). The molecule has 2 aromatic heterocycles. The topological polar surface area (TPSA) is 104 Å². The van der Waals surface area contributed by atoms with Crippen LogP contribution in [0.2, 0.25) is 36.3 Å². The number of ether oxygens (including phenoxy) is 1. The van der Waals surface area contributed by atoms with Crippen LogP contribution in [0.15, 0.2) is 48.7 Å². The van der Waals surface area contributed by atoms with Crippen LogP contribution >= 0.6 is 0 Å². The van der Waals surface area contributed by atoms with Crippen LogP contribution in [-0.2, 0) is 21.4 Å². The molecule has 0 aliphatic rings. The summed E-state index contributed by atoms with van der Waals surface area (Å²) in [6, 6.07) is 10.8. The molecule has 0 amide bonds. The fourth-order valence-corrected chi connectivity index (χ4v) is 6.23. The highest BCUT2D eigenvalue weighted by Gasteiger charge is 2.41. The second-order valence-corrected chi connectivity index (χ2v) is 23.9. The first-order chi connectivity index (χ1) is 20.6. The van der Waals surface area contributed by atoms with Gasteiger partial charge in [0, 0.05) is 29.7 Å². The molecular formula is C32H48F3N5O3Si2. The number of pyridine rings is 1. The molecule has 8 nitrogen and oxygen atoms in total. The van der Waals surface area contributed by atoms with Crippen molar-refractivity contribution < 1.29 is 26.8 Å². The minimum atomic E-state index is -4.55. The molecule has 2 heterocycles. The highest BCUT2D eigenvalue weighted by atomic mass is 28.4. The molecule has 1 unspecified atom stereocenters. The molecule has 0 fully saturated rings. The van der Waals surface area contributed by atoms with Gasteiger partial charge in [-0.1, -0.05) is 41.5 Å². The van der Waals surface area contributed by atoms with Gasteiger partial charge < -0.3 is 24.6 Å². The Morgan fingerprint density at radius 3 is 2.04 bits per heavy atom. The number of aryl methyl sites for hydroxylation is 1. The number of anilines is 3. The van der Waals surface area contributed by atoms with Gasteiger partial charge in [-0.3, -0.25) is 4.98 Å².